The summed E-state index contributed by atoms with van der Waals surface area (Å²) in [5.74, 6) is 1.30. The molecule has 2 aromatic carbocycles. The van der Waals surface area contributed by atoms with E-state index in [9.17, 15) is 8.42 Å². The lowest BCUT2D eigenvalue weighted by atomic mass is 10.1. The second-order valence-corrected chi connectivity index (χ2v) is 10.6. The minimum absolute atomic E-state index is 0.165. The second kappa shape index (κ2) is 8.92. The SMILES string of the molecule is Cc1ccc2nc(OCc3ccccc3Cl)c(CNCC3CCS(=O)(=O)C3)cc2c1. The highest BCUT2D eigenvalue weighted by atomic mass is 35.5. The van der Waals surface area contributed by atoms with Gasteiger partial charge in [0, 0.05) is 28.1 Å². The third-order valence-electron chi connectivity index (χ3n) is 5.41. The molecule has 5 nitrogen and oxygen atoms in total. The van der Waals surface area contributed by atoms with E-state index in [1.807, 2.05) is 36.4 Å². The van der Waals surface area contributed by atoms with E-state index in [1.54, 1.807) is 0 Å². The standard InChI is InChI=1S/C23H25ClN2O3S/c1-16-6-7-22-19(10-16)11-20(13-25-12-17-8-9-30(27,28)15-17)23(26-22)29-14-18-4-2-3-5-21(18)24/h2-7,10-11,17,25H,8-9,12-15H2,1H3. The number of ether oxygens (including phenoxy) is 1. The Morgan fingerprint density at radius 2 is 2.00 bits per heavy atom. The Kier molecular flexibility index (Phi) is 6.27. The van der Waals surface area contributed by atoms with Crippen LogP contribution in [0.2, 0.25) is 5.02 Å². The van der Waals surface area contributed by atoms with Gasteiger partial charge in [0.15, 0.2) is 9.84 Å². The number of hydrogen-bond donors (Lipinski definition) is 1. The zero-order valence-electron chi connectivity index (χ0n) is 16.9. The summed E-state index contributed by atoms with van der Waals surface area (Å²) in [5.41, 5.74) is 3.89. The van der Waals surface area contributed by atoms with Crippen LogP contribution in [-0.2, 0) is 23.0 Å². The van der Waals surface area contributed by atoms with E-state index in [-0.39, 0.29) is 11.7 Å². The highest BCUT2D eigenvalue weighted by Gasteiger charge is 2.27. The Hall–Kier alpha value is -2.15. The van der Waals surface area contributed by atoms with Crippen LogP contribution in [-0.4, -0.2) is 31.5 Å². The molecule has 4 rings (SSSR count). The highest BCUT2D eigenvalue weighted by molar-refractivity contribution is 7.91. The molecule has 0 bridgehead atoms. The van der Waals surface area contributed by atoms with E-state index in [0.29, 0.717) is 36.4 Å². The molecule has 2 heterocycles. The number of pyridine rings is 1. The summed E-state index contributed by atoms with van der Waals surface area (Å²) in [4.78, 5) is 4.73. The lowest BCUT2D eigenvalue weighted by Gasteiger charge is -2.15. The number of halogens is 1. The van der Waals surface area contributed by atoms with Crippen molar-refractivity contribution < 1.29 is 13.2 Å². The summed E-state index contributed by atoms with van der Waals surface area (Å²) in [6.45, 7) is 3.61. The summed E-state index contributed by atoms with van der Waals surface area (Å²) < 4.78 is 29.4. The van der Waals surface area contributed by atoms with Crippen LogP contribution in [0.4, 0.5) is 0 Å². The average molecular weight is 445 g/mol. The van der Waals surface area contributed by atoms with Crippen LogP contribution in [0.25, 0.3) is 10.9 Å². The molecule has 3 aromatic rings. The number of fused-ring (bicyclic) bond motifs is 1. The van der Waals surface area contributed by atoms with Gasteiger partial charge in [0.05, 0.1) is 17.0 Å². The zero-order valence-corrected chi connectivity index (χ0v) is 18.5. The fourth-order valence-electron chi connectivity index (χ4n) is 3.78. The lowest BCUT2D eigenvalue weighted by molar-refractivity contribution is 0.290. The molecule has 1 saturated heterocycles. The van der Waals surface area contributed by atoms with Crippen molar-refractivity contribution in [2.75, 3.05) is 18.1 Å². The smallest absolute Gasteiger partial charge is 0.218 e. The van der Waals surface area contributed by atoms with Crippen molar-refractivity contribution in [1.82, 2.24) is 10.3 Å². The summed E-state index contributed by atoms with van der Waals surface area (Å²) in [6, 6.07) is 15.8. The van der Waals surface area contributed by atoms with Crippen LogP contribution >= 0.6 is 11.6 Å². The molecule has 1 fully saturated rings. The third-order valence-corrected chi connectivity index (χ3v) is 7.61. The van der Waals surface area contributed by atoms with Crippen molar-refractivity contribution in [1.29, 1.82) is 0 Å². The molecule has 1 unspecified atom stereocenters. The fraction of sp³-hybridized carbons (Fsp3) is 0.348. The second-order valence-electron chi connectivity index (χ2n) is 7.93. The topological polar surface area (TPSA) is 68.3 Å². The van der Waals surface area contributed by atoms with Gasteiger partial charge in [-0.05, 0) is 50.1 Å². The van der Waals surface area contributed by atoms with Gasteiger partial charge >= 0.3 is 0 Å². The van der Waals surface area contributed by atoms with Crippen LogP contribution in [0, 0.1) is 12.8 Å². The number of nitrogens with one attached hydrogen (secondary N) is 1. The van der Waals surface area contributed by atoms with E-state index < -0.39 is 9.84 Å². The largest absolute Gasteiger partial charge is 0.472 e. The molecule has 0 amide bonds. The first kappa shape index (κ1) is 21.1. The highest BCUT2D eigenvalue weighted by Crippen LogP contribution is 2.26. The molecule has 0 aliphatic carbocycles. The zero-order chi connectivity index (χ0) is 21.1. The molecule has 1 atom stereocenters. The van der Waals surface area contributed by atoms with Crippen molar-refractivity contribution in [2.45, 2.75) is 26.5 Å². The number of hydrogen-bond acceptors (Lipinski definition) is 5. The molecule has 30 heavy (non-hydrogen) atoms. The van der Waals surface area contributed by atoms with Crippen LogP contribution in [0.5, 0.6) is 5.88 Å². The molecular weight excluding hydrogens is 420 g/mol. The summed E-state index contributed by atoms with van der Waals surface area (Å²) >= 11 is 6.26. The van der Waals surface area contributed by atoms with Crippen LogP contribution in [0.15, 0.2) is 48.5 Å². The maximum Gasteiger partial charge on any atom is 0.218 e. The number of nitrogens with zero attached hydrogens (tertiary/aromatic N) is 1. The maximum absolute atomic E-state index is 11.7. The van der Waals surface area contributed by atoms with Crippen molar-refractivity contribution in [3.05, 3.63) is 70.2 Å². The quantitative estimate of drug-likeness (QED) is 0.588. The van der Waals surface area contributed by atoms with Gasteiger partial charge < -0.3 is 10.1 Å². The Bertz CT molecular complexity index is 1160. The van der Waals surface area contributed by atoms with Gasteiger partial charge in [-0.3, -0.25) is 0 Å². The monoisotopic (exact) mass is 444 g/mol. The van der Waals surface area contributed by atoms with E-state index >= 15 is 0 Å². The van der Waals surface area contributed by atoms with Crippen molar-refractivity contribution in [2.24, 2.45) is 5.92 Å². The number of sulfone groups is 1. The molecule has 1 N–H and O–H groups in total. The van der Waals surface area contributed by atoms with E-state index in [4.69, 9.17) is 21.3 Å². The molecular formula is C23H25ClN2O3S. The van der Waals surface area contributed by atoms with Crippen LogP contribution in [0.3, 0.4) is 0 Å². The van der Waals surface area contributed by atoms with E-state index in [1.165, 1.54) is 5.56 Å². The molecule has 158 valence electrons. The minimum atomic E-state index is -2.87. The molecule has 0 radical (unpaired) electrons. The predicted molar refractivity (Wildman–Crippen MR) is 121 cm³/mol. The van der Waals surface area contributed by atoms with E-state index in [0.717, 1.165) is 28.5 Å². The summed E-state index contributed by atoms with van der Waals surface area (Å²) in [6.07, 6.45) is 0.723. The van der Waals surface area contributed by atoms with Gasteiger partial charge in [0.25, 0.3) is 0 Å². The van der Waals surface area contributed by atoms with Crippen LogP contribution in [0.1, 0.15) is 23.1 Å². The number of rotatable bonds is 7. The fourth-order valence-corrected chi connectivity index (χ4v) is 5.83. The first-order valence-corrected chi connectivity index (χ1v) is 12.3. The van der Waals surface area contributed by atoms with Gasteiger partial charge in [-0.2, -0.15) is 0 Å². The normalized spacial score (nSPS) is 18.0. The summed E-state index contributed by atoms with van der Waals surface area (Å²) in [7, 11) is -2.87. The number of aromatic nitrogens is 1. The predicted octanol–water partition coefficient (Wildman–Crippen LogP) is 4.30. The third kappa shape index (κ3) is 5.12. The van der Waals surface area contributed by atoms with Gasteiger partial charge in [0.2, 0.25) is 5.88 Å². The average Bonchev–Trinajstić information content (AvgIpc) is 3.06. The first-order valence-electron chi connectivity index (χ1n) is 10.1. The number of benzene rings is 2. The van der Waals surface area contributed by atoms with Gasteiger partial charge in [-0.25, -0.2) is 13.4 Å². The van der Waals surface area contributed by atoms with Crippen molar-refractivity contribution >= 4 is 32.3 Å². The minimum Gasteiger partial charge on any atom is -0.472 e. The van der Waals surface area contributed by atoms with Crippen LogP contribution < -0.4 is 10.1 Å². The Morgan fingerprint density at radius 1 is 1.17 bits per heavy atom. The van der Waals surface area contributed by atoms with Crippen molar-refractivity contribution in [3.63, 3.8) is 0 Å². The Morgan fingerprint density at radius 3 is 2.77 bits per heavy atom. The Balaban J connectivity index is 1.52. The molecule has 7 heteroatoms. The van der Waals surface area contributed by atoms with Crippen molar-refractivity contribution in [3.8, 4) is 5.88 Å². The Labute approximate surface area is 182 Å². The van der Waals surface area contributed by atoms with Gasteiger partial charge in [-0.15, -0.1) is 0 Å². The molecule has 1 aromatic heterocycles. The summed E-state index contributed by atoms with van der Waals surface area (Å²) in [5, 5.41) is 5.12. The molecule has 1 aliphatic rings. The molecule has 0 spiro atoms. The molecule has 0 saturated carbocycles. The van der Waals surface area contributed by atoms with E-state index in [2.05, 4.69) is 24.4 Å². The number of aryl methyl sites for hydroxylation is 1. The van der Waals surface area contributed by atoms with Gasteiger partial charge in [0.1, 0.15) is 6.61 Å². The first-order chi connectivity index (χ1) is 14.4. The maximum atomic E-state index is 11.7. The lowest BCUT2D eigenvalue weighted by Crippen LogP contribution is -2.23. The van der Waals surface area contributed by atoms with Gasteiger partial charge in [-0.1, -0.05) is 41.4 Å². The molecule has 1 aliphatic heterocycles.